The summed E-state index contributed by atoms with van der Waals surface area (Å²) < 4.78 is 4.99. The Kier molecular flexibility index (Phi) is 7.97. The molecular formula is C53H34N4S2. The number of nitrogens with zero attached hydrogens (tertiary/aromatic N) is 4. The van der Waals surface area contributed by atoms with Crippen LogP contribution in [0.1, 0.15) is 36.1 Å². The molecule has 11 rings (SSSR count). The summed E-state index contributed by atoms with van der Waals surface area (Å²) in [6.45, 7) is 4.77. The summed E-state index contributed by atoms with van der Waals surface area (Å²) in [5, 5.41) is 24.4. The highest BCUT2D eigenvalue weighted by Crippen LogP contribution is 2.62. The van der Waals surface area contributed by atoms with Crippen LogP contribution in [0.2, 0.25) is 0 Å². The van der Waals surface area contributed by atoms with E-state index in [1.54, 1.807) is 0 Å². The molecule has 0 saturated carbocycles. The smallest absolute Gasteiger partial charge is 0.0991 e. The van der Waals surface area contributed by atoms with Gasteiger partial charge in [0.2, 0.25) is 0 Å². The minimum Gasteiger partial charge on any atom is -0.310 e. The molecule has 0 fully saturated rings. The third-order valence-electron chi connectivity index (χ3n) is 11.9. The Balaban J connectivity index is 1.27. The zero-order valence-corrected chi connectivity index (χ0v) is 33.9. The first-order valence-corrected chi connectivity index (χ1v) is 21.3. The van der Waals surface area contributed by atoms with Crippen LogP contribution in [0.4, 0.5) is 34.1 Å². The maximum Gasteiger partial charge on any atom is 0.0991 e. The molecular weight excluding hydrogens is 757 g/mol. The number of para-hydroxylation sites is 2. The van der Waals surface area contributed by atoms with Gasteiger partial charge in [-0.2, -0.15) is 10.5 Å². The van der Waals surface area contributed by atoms with E-state index < -0.39 is 5.41 Å². The van der Waals surface area contributed by atoms with Gasteiger partial charge in [-0.1, -0.05) is 86.6 Å². The maximum absolute atomic E-state index is 9.74. The van der Waals surface area contributed by atoms with Crippen LogP contribution in [0, 0.1) is 22.7 Å². The Labute approximate surface area is 350 Å². The van der Waals surface area contributed by atoms with Gasteiger partial charge in [0.05, 0.1) is 39.3 Å². The van der Waals surface area contributed by atoms with Crippen molar-refractivity contribution in [3.63, 3.8) is 0 Å². The van der Waals surface area contributed by atoms with Gasteiger partial charge in [0, 0.05) is 69.4 Å². The Bertz CT molecular complexity index is 3370. The molecule has 10 aromatic rings. The summed E-state index contributed by atoms with van der Waals surface area (Å²) in [5.41, 5.74) is 12.4. The summed E-state index contributed by atoms with van der Waals surface area (Å²) in [6, 6.07) is 64.2. The van der Waals surface area contributed by atoms with Gasteiger partial charge in [0.25, 0.3) is 0 Å². The summed E-state index contributed by atoms with van der Waals surface area (Å²) in [7, 11) is 0. The van der Waals surface area contributed by atoms with Gasteiger partial charge in [0.15, 0.2) is 0 Å². The average molecular weight is 791 g/mol. The lowest BCUT2D eigenvalue weighted by Crippen LogP contribution is -2.18. The molecule has 1 aliphatic rings. The number of benzene rings is 8. The van der Waals surface area contributed by atoms with Gasteiger partial charge in [-0.3, -0.25) is 0 Å². The first kappa shape index (κ1) is 35.0. The summed E-state index contributed by atoms with van der Waals surface area (Å²) >= 11 is 3.73. The van der Waals surface area contributed by atoms with Crippen molar-refractivity contribution in [1.82, 2.24) is 0 Å². The fourth-order valence-electron chi connectivity index (χ4n) is 9.12. The van der Waals surface area contributed by atoms with E-state index >= 15 is 0 Å². The minimum absolute atomic E-state index is 0.393. The largest absolute Gasteiger partial charge is 0.310 e. The Morgan fingerprint density at radius 3 is 1.41 bits per heavy atom. The molecule has 0 atom stereocenters. The fourth-order valence-corrected chi connectivity index (χ4v) is 11.6. The van der Waals surface area contributed by atoms with Crippen LogP contribution in [0.15, 0.2) is 170 Å². The fraction of sp³-hybridized carbons (Fsp3) is 0.0566. The van der Waals surface area contributed by atoms with E-state index in [2.05, 4.69) is 181 Å². The molecule has 2 heterocycles. The molecule has 0 aliphatic heterocycles. The van der Waals surface area contributed by atoms with Gasteiger partial charge in [-0.05, 0) is 114 Å². The number of hydrogen-bond acceptors (Lipinski definition) is 6. The molecule has 0 radical (unpaired) electrons. The molecule has 0 spiro atoms. The molecule has 0 saturated heterocycles. The van der Waals surface area contributed by atoms with E-state index in [1.165, 1.54) is 62.6 Å². The van der Waals surface area contributed by atoms with Crippen molar-refractivity contribution in [2.45, 2.75) is 19.3 Å². The highest BCUT2D eigenvalue weighted by atomic mass is 32.1. The van der Waals surface area contributed by atoms with E-state index in [4.69, 9.17) is 0 Å². The van der Waals surface area contributed by atoms with Crippen molar-refractivity contribution in [2.24, 2.45) is 0 Å². The molecule has 278 valence electrons. The van der Waals surface area contributed by atoms with Crippen LogP contribution in [0.25, 0.3) is 51.5 Å². The second-order valence-corrected chi connectivity index (χ2v) is 17.6. The molecule has 0 N–H and O–H groups in total. The molecule has 4 nitrogen and oxygen atoms in total. The van der Waals surface area contributed by atoms with Crippen molar-refractivity contribution in [3.8, 4) is 23.3 Å². The summed E-state index contributed by atoms with van der Waals surface area (Å²) in [5.74, 6) is 0. The van der Waals surface area contributed by atoms with Crippen LogP contribution in [0.5, 0.6) is 0 Å². The molecule has 0 unspecified atom stereocenters. The van der Waals surface area contributed by atoms with Crippen LogP contribution in [0.3, 0.4) is 0 Å². The van der Waals surface area contributed by atoms with Gasteiger partial charge < -0.3 is 9.80 Å². The molecule has 2 aromatic heterocycles. The number of anilines is 6. The molecule has 8 aromatic carbocycles. The molecule has 1 aliphatic carbocycles. The molecule has 59 heavy (non-hydrogen) atoms. The first-order chi connectivity index (χ1) is 28.9. The lowest BCUT2D eigenvalue weighted by molar-refractivity contribution is 0.661. The van der Waals surface area contributed by atoms with E-state index in [0.717, 1.165) is 34.1 Å². The van der Waals surface area contributed by atoms with Crippen molar-refractivity contribution in [3.05, 3.63) is 192 Å². The first-order valence-electron chi connectivity index (χ1n) is 19.6. The second-order valence-electron chi connectivity index (χ2n) is 15.5. The van der Waals surface area contributed by atoms with Gasteiger partial charge >= 0.3 is 0 Å². The van der Waals surface area contributed by atoms with Gasteiger partial charge in [-0.15, -0.1) is 22.7 Å². The second kappa shape index (κ2) is 13.4. The monoisotopic (exact) mass is 790 g/mol. The summed E-state index contributed by atoms with van der Waals surface area (Å²) in [6.07, 6.45) is 0. The standard InChI is InChI=1S/C53H34N4S2/c1-53(2)41-30-44(57(36-15-7-4-8-16-36)38-27-23-34(32-55)24-28-38)51-48(40-18-10-12-20-46(40)58-51)49(41)50-42(53)29-43(47-39-17-9-11-19-45(39)59-52(47)50)56(35-13-5-3-6-14-35)37-25-21-33(31-54)22-26-37/h3-30H,1-2H3. The maximum atomic E-state index is 9.74. The number of fused-ring (bicyclic) bond motifs is 11. The molecule has 0 bridgehead atoms. The number of hydrogen-bond donors (Lipinski definition) is 0. The zero-order chi connectivity index (χ0) is 39.8. The molecule has 0 amide bonds. The van der Waals surface area contributed by atoms with Crippen LogP contribution < -0.4 is 9.80 Å². The Morgan fingerprint density at radius 2 is 0.864 bits per heavy atom. The highest BCUT2D eigenvalue weighted by Gasteiger charge is 2.42. The van der Waals surface area contributed by atoms with E-state index in [9.17, 15) is 10.5 Å². The van der Waals surface area contributed by atoms with Gasteiger partial charge in [-0.25, -0.2) is 0 Å². The van der Waals surface area contributed by atoms with Crippen molar-refractivity contribution in [1.29, 1.82) is 10.5 Å². The topological polar surface area (TPSA) is 54.1 Å². The average Bonchev–Trinajstić information content (AvgIpc) is 3.93. The SMILES string of the molecule is CC1(C)c2cc(N(c3ccccc3)c3ccc(C#N)cc3)c3c(sc4ccccc43)c2-c2c1cc(N(c1ccccc1)c1ccc(C#N)cc1)c1sc3ccccc3c21. The highest BCUT2D eigenvalue weighted by molar-refractivity contribution is 7.27. The van der Waals surface area contributed by atoms with Crippen molar-refractivity contribution >= 4 is 97.1 Å². The normalized spacial score (nSPS) is 12.7. The van der Waals surface area contributed by atoms with Crippen LogP contribution >= 0.6 is 22.7 Å². The van der Waals surface area contributed by atoms with E-state index in [0.29, 0.717) is 11.1 Å². The Morgan fingerprint density at radius 1 is 0.441 bits per heavy atom. The quantitative estimate of drug-likeness (QED) is 0.168. The lowest BCUT2D eigenvalue weighted by Gasteiger charge is -2.30. The van der Waals surface area contributed by atoms with E-state index in [1.807, 2.05) is 46.9 Å². The summed E-state index contributed by atoms with van der Waals surface area (Å²) in [4.78, 5) is 4.73. The number of thiophene rings is 2. The van der Waals surface area contributed by atoms with Crippen LogP contribution in [-0.4, -0.2) is 0 Å². The van der Waals surface area contributed by atoms with Crippen molar-refractivity contribution in [2.75, 3.05) is 9.80 Å². The van der Waals surface area contributed by atoms with Crippen molar-refractivity contribution < 1.29 is 0 Å². The number of rotatable bonds is 6. The van der Waals surface area contributed by atoms with E-state index in [-0.39, 0.29) is 0 Å². The third-order valence-corrected chi connectivity index (χ3v) is 14.3. The molecule has 6 heteroatoms. The van der Waals surface area contributed by atoms with Gasteiger partial charge in [0.1, 0.15) is 0 Å². The van der Waals surface area contributed by atoms with Crippen LogP contribution in [-0.2, 0) is 5.41 Å². The minimum atomic E-state index is -0.393. The predicted octanol–water partition coefficient (Wildman–Crippen LogP) is 15.4. The zero-order valence-electron chi connectivity index (χ0n) is 32.3. The lowest BCUT2D eigenvalue weighted by atomic mass is 9.81. The number of nitriles is 2. The predicted molar refractivity (Wildman–Crippen MR) is 249 cm³/mol. The Hall–Kier alpha value is -7.22. The third kappa shape index (κ3) is 5.31.